The van der Waals surface area contributed by atoms with Gasteiger partial charge in [-0.05, 0) is 41.4 Å². The van der Waals surface area contributed by atoms with E-state index in [0.717, 1.165) is 29.9 Å². The third-order valence-electron chi connectivity index (χ3n) is 3.43. The zero-order valence-corrected chi connectivity index (χ0v) is 10.9. The molecule has 0 atom stereocenters. The van der Waals surface area contributed by atoms with E-state index < -0.39 is 5.60 Å². The predicted octanol–water partition coefficient (Wildman–Crippen LogP) is 3.52. The maximum atomic E-state index is 10.6. The lowest BCUT2D eigenvalue weighted by Crippen LogP contribution is -2.30. The molecule has 16 heavy (non-hydrogen) atoms. The van der Waals surface area contributed by atoms with Crippen LogP contribution in [0.3, 0.4) is 0 Å². The van der Waals surface area contributed by atoms with Crippen LogP contribution >= 0.6 is 11.8 Å². The second-order valence-corrected chi connectivity index (χ2v) is 6.15. The van der Waals surface area contributed by atoms with E-state index in [1.54, 1.807) is 0 Å². The molecule has 2 heteroatoms. The van der Waals surface area contributed by atoms with Gasteiger partial charge in [-0.15, -0.1) is 0 Å². The van der Waals surface area contributed by atoms with Gasteiger partial charge < -0.3 is 5.11 Å². The Morgan fingerprint density at radius 2 is 1.69 bits per heavy atom. The molecule has 2 rings (SSSR count). The van der Waals surface area contributed by atoms with Crippen molar-refractivity contribution < 1.29 is 5.11 Å². The SMILES string of the molecule is CC(C)c1ccc(C2(O)CCSCC2)cc1. The fraction of sp³-hybridized carbons (Fsp3) is 0.571. The van der Waals surface area contributed by atoms with Crippen molar-refractivity contribution >= 4 is 11.8 Å². The van der Waals surface area contributed by atoms with Gasteiger partial charge in [0.15, 0.2) is 0 Å². The van der Waals surface area contributed by atoms with Crippen LogP contribution in [0.25, 0.3) is 0 Å². The highest BCUT2D eigenvalue weighted by Crippen LogP contribution is 2.36. The van der Waals surface area contributed by atoms with Crippen molar-refractivity contribution in [2.45, 2.75) is 38.2 Å². The van der Waals surface area contributed by atoms with E-state index in [1.807, 2.05) is 11.8 Å². The number of hydrogen-bond acceptors (Lipinski definition) is 2. The zero-order chi connectivity index (χ0) is 11.6. The fourth-order valence-corrected chi connectivity index (χ4v) is 3.34. The van der Waals surface area contributed by atoms with E-state index in [-0.39, 0.29) is 0 Å². The van der Waals surface area contributed by atoms with E-state index in [2.05, 4.69) is 38.1 Å². The van der Waals surface area contributed by atoms with E-state index in [9.17, 15) is 5.11 Å². The first kappa shape index (κ1) is 12.0. The van der Waals surface area contributed by atoms with Crippen molar-refractivity contribution in [3.63, 3.8) is 0 Å². The summed E-state index contributed by atoms with van der Waals surface area (Å²) in [4.78, 5) is 0. The molecule has 0 amide bonds. The van der Waals surface area contributed by atoms with Gasteiger partial charge in [0.1, 0.15) is 0 Å². The van der Waals surface area contributed by atoms with Gasteiger partial charge in [0.05, 0.1) is 5.60 Å². The summed E-state index contributed by atoms with van der Waals surface area (Å²) in [5, 5.41) is 10.6. The van der Waals surface area contributed by atoms with Crippen LogP contribution < -0.4 is 0 Å². The minimum Gasteiger partial charge on any atom is -0.385 e. The molecular formula is C14H20OS. The Labute approximate surface area is 102 Å². The minimum atomic E-state index is -0.569. The molecule has 0 radical (unpaired) electrons. The lowest BCUT2D eigenvalue weighted by atomic mass is 9.87. The van der Waals surface area contributed by atoms with Crippen LogP contribution in [0.15, 0.2) is 24.3 Å². The summed E-state index contributed by atoms with van der Waals surface area (Å²) in [6, 6.07) is 8.51. The largest absolute Gasteiger partial charge is 0.385 e. The minimum absolute atomic E-state index is 0.561. The Hall–Kier alpha value is -0.470. The van der Waals surface area contributed by atoms with Crippen molar-refractivity contribution in [3.05, 3.63) is 35.4 Å². The lowest BCUT2D eigenvalue weighted by molar-refractivity contribution is 0.0281. The Balaban J connectivity index is 2.20. The molecule has 1 heterocycles. The van der Waals surface area contributed by atoms with Crippen LogP contribution in [0.5, 0.6) is 0 Å². The van der Waals surface area contributed by atoms with Crippen molar-refractivity contribution in [2.75, 3.05) is 11.5 Å². The topological polar surface area (TPSA) is 20.2 Å². The molecule has 0 spiro atoms. The van der Waals surface area contributed by atoms with Gasteiger partial charge in [-0.25, -0.2) is 0 Å². The summed E-state index contributed by atoms with van der Waals surface area (Å²) in [7, 11) is 0. The highest BCUT2D eigenvalue weighted by Gasteiger charge is 2.31. The molecule has 1 nitrogen and oxygen atoms in total. The molecule has 88 valence electrons. The summed E-state index contributed by atoms with van der Waals surface area (Å²) in [5.74, 6) is 2.70. The zero-order valence-electron chi connectivity index (χ0n) is 10.1. The number of aliphatic hydroxyl groups is 1. The maximum absolute atomic E-state index is 10.6. The highest BCUT2D eigenvalue weighted by atomic mass is 32.2. The van der Waals surface area contributed by atoms with Gasteiger partial charge in [-0.1, -0.05) is 38.1 Å². The normalized spacial score (nSPS) is 20.0. The molecule has 0 aliphatic carbocycles. The molecule has 1 N–H and O–H groups in total. The average molecular weight is 236 g/mol. The van der Waals surface area contributed by atoms with Crippen LogP contribution in [0.2, 0.25) is 0 Å². The van der Waals surface area contributed by atoms with Gasteiger partial charge in [-0.2, -0.15) is 11.8 Å². The maximum Gasteiger partial charge on any atom is 0.0912 e. The molecule has 0 aromatic heterocycles. The molecule has 1 aliphatic heterocycles. The number of thioether (sulfide) groups is 1. The fourth-order valence-electron chi connectivity index (χ4n) is 2.18. The van der Waals surface area contributed by atoms with E-state index >= 15 is 0 Å². The Bertz CT molecular complexity index is 336. The van der Waals surface area contributed by atoms with Crippen LogP contribution in [0.1, 0.15) is 43.7 Å². The van der Waals surface area contributed by atoms with E-state index in [1.165, 1.54) is 5.56 Å². The summed E-state index contributed by atoms with van der Waals surface area (Å²) in [6.45, 7) is 4.39. The summed E-state index contributed by atoms with van der Waals surface area (Å²) < 4.78 is 0. The van der Waals surface area contributed by atoms with Crippen LogP contribution in [0.4, 0.5) is 0 Å². The standard InChI is InChI=1S/C14H20OS/c1-11(2)12-3-5-13(6-4-12)14(15)7-9-16-10-8-14/h3-6,11,15H,7-10H2,1-2H3. The number of benzene rings is 1. The molecule has 0 bridgehead atoms. The van der Waals surface area contributed by atoms with Gasteiger partial charge in [-0.3, -0.25) is 0 Å². The van der Waals surface area contributed by atoms with Crippen molar-refractivity contribution in [1.82, 2.24) is 0 Å². The average Bonchev–Trinajstić information content (AvgIpc) is 2.30. The Morgan fingerprint density at radius 1 is 1.12 bits per heavy atom. The molecule has 0 saturated carbocycles. The first-order valence-corrected chi connectivity index (χ1v) is 7.18. The van der Waals surface area contributed by atoms with Crippen molar-refractivity contribution in [3.8, 4) is 0 Å². The van der Waals surface area contributed by atoms with Gasteiger partial charge in [0, 0.05) is 0 Å². The molecule has 1 aromatic rings. The van der Waals surface area contributed by atoms with Gasteiger partial charge in [0.2, 0.25) is 0 Å². The molecule has 1 saturated heterocycles. The quantitative estimate of drug-likeness (QED) is 0.847. The van der Waals surface area contributed by atoms with Gasteiger partial charge >= 0.3 is 0 Å². The molecule has 1 aromatic carbocycles. The Morgan fingerprint density at radius 3 is 2.19 bits per heavy atom. The monoisotopic (exact) mass is 236 g/mol. The van der Waals surface area contributed by atoms with Crippen LogP contribution in [-0.2, 0) is 5.60 Å². The highest BCUT2D eigenvalue weighted by molar-refractivity contribution is 7.99. The third-order valence-corrected chi connectivity index (χ3v) is 4.42. The molecule has 1 aliphatic rings. The predicted molar refractivity (Wildman–Crippen MR) is 71.0 cm³/mol. The van der Waals surface area contributed by atoms with Crippen molar-refractivity contribution in [1.29, 1.82) is 0 Å². The molecular weight excluding hydrogens is 216 g/mol. The molecule has 1 fully saturated rings. The summed E-state index contributed by atoms with van der Waals surface area (Å²) in [6.07, 6.45) is 1.78. The first-order valence-electron chi connectivity index (χ1n) is 6.02. The number of hydrogen-bond donors (Lipinski definition) is 1. The van der Waals surface area contributed by atoms with Crippen molar-refractivity contribution in [2.24, 2.45) is 0 Å². The first-order chi connectivity index (χ1) is 7.62. The second-order valence-electron chi connectivity index (χ2n) is 4.92. The summed E-state index contributed by atoms with van der Waals surface area (Å²) in [5.41, 5.74) is 1.87. The van der Waals surface area contributed by atoms with E-state index in [4.69, 9.17) is 0 Å². The lowest BCUT2D eigenvalue weighted by Gasteiger charge is -2.32. The Kier molecular flexibility index (Phi) is 3.60. The number of rotatable bonds is 2. The van der Waals surface area contributed by atoms with E-state index in [0.29, 0.717) is 5.92 Å². The van der Waals surface area contributed by atoms with Crippen LogP contribution in [-0.4, -0.2) is 16.6 Å². The van der Waals surface area contributed by atoms with Crippen LogP contribution in [0, 0.1) is 0 Å². The molecule has 0 unspecified atom stereocenters. The summed E-state index contributed by atoms with van der Waals surface area (Å²) >= 11 is 1.94. The third kappa shape index (κ3) is 2.44. The van der Waals surface area contributed by atoms with Gasteiger partial charge in [0.25, 0.3) is 0 Å². The second kappa shape index (κ2) is 4.80. The smallest absolute Gasteiger partial charge is 0.0912 e.